The summed E-state index contributed by atoms with van der Waals surface area (Å²) in [6.07, 6.45) is 0. The SMILES string of the molecule is CC(C)N(/C(=N\N)C(C)(C)C)C(C)C. The molecule has 0 aromatic rings. The summed E-state index contributed by atoms with van der Waals surface area (Å²) in [5.41, 5.74) is 0.00326. The minimum Gasteiger partial charge on any atom is -0.353 e. The highest BCUT2D eigenvalue weighted by Crippen LogP contribution is 2.22. The largest absolute Gasteiger partial charge is 0.353 e. The smallest absolute Gasteiger partial charge is 0.130 e. The molecule has 0 amide bonds. The van der Waals surface area contributed by atoms with Gasteiger partial charge in [0.1, 0.15) is 5.84 Å². The zero-order chi connectivity index (χ0) is 11.5. The van der Waals surface area contributed by atoms with Gasteiger partial charge in [-0.15, -0.1) is 0 Å². The minimum atomic E-state index is 0.00326. The van der Waals surface area contributed by atoms with Crippen molar-refractivity contribution in [3.05, 3.63) is 0 Å². The maximum atomic E-state index is 5.48. The van der Waals surface area contributed by atoms with E-state index in [-0.39, 0.29) is 5.41 Å². The van der Waals surface area contributed by atoms with Gasteiger partial charge in [-0.1, -0.05) is 20.8 Å². The first kappa shape index (κ1) is 13.3. The quantitative estimate of drug-likeness (QED) is 0.321. The van der Waals surface area contributed by atoms with Gasteiger partial charge in [-0.25, -0.2) is 0 Å². The molecule has 0 aliphatic heterocycles. The molecule has 0 aliphatic rings. The number of hydrogen-bond donors (Lipinski definition) is 1. The summed E-state index contributed by atoms with van der Waals surface area (Å²) in [7, 11) is 0. The molecule has 3 nitrogen and oxygen atoms in total. The first-order chi connectivity index (χ1) is 6.21. The Hall–Kier alpha value is -0.730. The van der Waals surface area contributed by atoms with Crippen LogP contribution in [0.5, 0.6) is 0 Å². The fourth-order valence-corrected chi connectivity index (χ4v) is 1.73. The van der Waals surface area contributed by atoms with Crippen molar-refractivity contribution in [2.75, 3.05) is 0 Å². The highest BCUT2D eigenvalue weighted by molar-refractivity contribution is 5.87. The van der Waals surface area contributed by atoms with E-state index in [1.807, 2.05) is 0 Å². The second-order valence-corrected chi connectivity index (χ2v) is 5.30. The molecular weight excluding hydrogens is 174 g/mol. The van der Waals surface area contributed by atoms with E-state index >= 15 is 0 Å². The monoisotopic (exact) mass is 199 g/mol. The Morgan fingerprint density at radius 1 is 1.07 bits per heavy atom. The molecule has 0 atom stereocenters. The molecule has 0 unspecified atom stereocenters. The summed E-state index contributed by atoms with van der Waals surface area (Å²) in [6, 6.07) is 0.855. The van der Waals surface area contributed by atoms with Crippen molar-refractivity contribution in [3.63, 3.8) is 0 Å². The number of hydrogen-bond acceptors (Lipinski definition) is 2. The third-order valence-corrected chi connectivity index (χ3v) is 2.15. The van der Waals surface area contributed by atoms with Gasteiger partial charge < -0.3 is 10.7 Å². The van der Waals surface area contributed by atoms with Crippen LogP contribution in [0.2, 0.25) is 0 Å². The van der Waals surface area contributed by atoms with Crippen LogP contribution in [0.1, 0.15) is 48.5 Å². The Labute approximate surface area is 88.4 Å². The van der Waals surface area contributed by atoms with Gasteiger partial charge in [0.25, 0.3) is 0 Å². The molecule has 14 heavy (non-hydrogen) atoms. The van der Waals surface area contributed by atoms with Crippen LogP contribution in [0.4, 0.5) is 0 Å². The summed E-state index contributed by atoms with van der Waals surface area (Å²) in [4.78, 5) is 2.26. The van der Waals surface area contributed by atoms with Crippen LogP contribution in [0.15, 0.2) is 5.10 Å². The zero-order valence-electron chi connectivity index (χ0n) is 10.6. The second-order valence-electron chi connectivity index (χ2n) is 5.30. The van der Waals surface area contributed by atoms with Gasteiger partial charge in [-0.3, -0.25) is 0 Å². The topological polar surface area (TPSA) is 41.6 Å². The Kier molecular flexibility index (Phi) is 4.43. The number of nitrogens with zero attached hydrogens (tertiary/aromatic N) is 2. The predicted molar refractivity (Wildman–Crippen MR) is 63.2 cm³/mol. The molecule has 0 aromatic heterocycles. The Bertz CT molecular complexity index is 191. The third-order valence-electron chi connectivity index (χ3n) is 2.15. The van der Waals surface area contributed by atoms with Crippen molar-refractivity contribution in [2.45, 2.75) is 60.5 Å². The van der Waals surface area contributed by atoms with Crippen molar-refractivity contribution >= 4 is 5.84 Å². The molecule has 0 fully saturated rings. The number of hydrazone groups is 1. The van der Waals surface area contributed by atoms with Gasteiger partial charge in [0.15, 0.2) is 0 Å². The molecular formula is C11H25N3. The molecule has 0 radical (unpaired) electrons. The van der Waals surface area contributed by atoms with E-state index in [0.717, 1.165) is 5.84 Å². The van der Waals surface area contributed by atoms with E-state index in [2.05, 4.69) is 58.5 Å². The third kappa shape index (κ3) is 3.20. The lowest BCUT2D eigenvalue weighted by Crippen LogP contribution is -2.48. The Morgan fingerprint density at radius 2 is 1.43 bits per heavy atom. The number of rotatable bonds is 2. The van der Waals surface area contributed by atoms with Crippen molar-refractivity contribution in [1.29, 1.82) is 0 Å². The van der Waals surface area contributed by atoms with Crippen molar-refractivity contribution in [3.8, 4) is 0 Å². The Balaban J connectivity index is 4.99. The molecule has 0 aliphatic carbocycles. The molecule has 0 saturated heterocycles. The summed E-state index contributed by atoms with van der Waals surface area (Å²) in [5, 5.41) is 3.94. The van der Waals surface area contributed by atoms with Crippen LogP contribution < -0.4 is 5.84 Å². The normalized spacial score (nSPS) is 13.9. The molecule has 0 bridgehead atoms. The lowest BCUT2D eigenvalue weighted by Gasteiger charge is -2.38. The molecule has 0 aromatic carbocycles. The van der Waals surface area contributed by atoms with Gasteiger partial charge in [0, 0.05) is 17.5 Å². The fourth-order valence-electron chi connectivity index (χ4n) is 1.73. The summed E-state index contributed by atoms with van der Waals surface area (Å²) < 4.78 is 0. The molecule has 0 heterocycles. The first-order valence-corrected chi connectivity index (χ1v) is 5.28. The van der Waals surface area contributed by atoms with Crippen LogP contribution in [0, 0.1) is 5.41 Å². The molecule has 0 rings (SSSR count). The fraction of sp³-hybridized carbons (Fsp3) is 0.909. The van der Waals surface area contributed by atoms with Crippen LogP contribution in [-0.4, -0.2) is 22.8 Å². The Morgan fingerprint density at radius 3 is 1.50 bits per heavy atom. The molecule has 3 heteroatoms. The van der Waals surface area contributed by atoms with Crippen molar-refractivity contribution in [2.24, 2.45) is 16.4 Å². The summed E-state index contributed by atoms with van der Waals surface area (Å²) >= 11 is 0. The highest BCUT2D eigenvalue weighted by Gasteiger charge is 2.28. The number of amidine groups is 1. The molecule has 2 N–H and O–H groups in total. The van der Waals surface area contributed by atoms with E-state index in [0.29, 0.717) is 12.1 Å². The summed E-state index contributed by atoms with van der Waals surface area (Å²) in [6.45, 7) is 15.1. The highest BCUT2D eigenvalue weighted by atomic mass is 15.3. The van der Waals surface area contributed by atoms with Crippen LogP contribution >= 0.6 is 0 Å². The van der Waals surface area contributed by atoms with E-state index in [1.165, 1.54) is 0 Å². The van der Waals surface area contributed by atoms with Crippen LogP contribution in [0.3, 0.4) is 0 Å². The van der Waals surface area contributed by atoms with Crippen LogP contribution in [-0.2, 0) is 0 Å². The average molecular weight is 199 g/mol. The predicted octanol–water partition coefficient (Wildman–Crippen LogP) is 2.42. The average Bonchev–Trinajstić information content (AvgIpc) is 1.95. The standard InChI is InChI=1S/C11H25N3/c1-8(2)14(9(3)4)10(13-12)11(5,6)7/h8-9H,12H2,1-7H3/b13-10-. The van der Waals surface area contributed by atoms with Gasteiger partial charge in [-0.05, 0) is 27.7 Å². The lowest BCUT2D eigenvalue weighted by atomic mass is 9.92. The maximum Gasteiger partial charge on any atom is 0.130 e. The lowest BCUT2D eigenvalue weighted by molar-refractivity contribution is 0.263. The molecule has 0 saturated carbocycles. The van der Waals surface area contributed by atoms with E-state index in [9.17, 15) is 0 Å². The minimum absolute atomic E-state index is 0.00326. The van der Waals surface area contributed by atoms with Crippen molar-refractivity contribution < 1.29 is 0 Å². The van der Waals surface area contributed by atoms with Gasteiger partial charge in [0.2, 0.25) is 0 Å². The van der Waals surface area contributed by atoms with Crippen molar-refractivity contribution in [1.82, 2.24) is 4.90 Å². The second kappa shape index (κ2) is 4.67. The van der Waals surface area contributed by atoms with E-state index in [1.54, 1.807) is 0 Å². The van der Waals surface area contributed by atoms with Crippen LogP contribution in [0.25, 0.3) is 0 Å². The van der Waals surface area contributed by atoms with Gasteiger partial charge in [0.05, 0.1) is 0 Å². The van der Waals surface area contributed by atoms with Gasteiger partial charge in [-0.2, -0.15) is 5.10 Å². The molecule has 0 spiro atoms. The first-order valence-electron chi connectivity index (χ1n) is 5.28. The number of nitrogens with two attached hydrogens (primary N) is 1. The summed E-state index contributed by atoms with van der Waals surface area (Å²) in [5.74, 6) is 6.46. The molecule has 84 valence electrons. The van der Waals surface area contributed by atoms with Gasteiger partial charge >= 0.3 is 0 Å². The van der Waals surface area contributed by atoms with E-state index < -0.39 is 0 Å². The zero-order valence-corrected chi connectivity index (χ0v) is 10.6. The van der Waals surface area contributed by atoms with E-state index in [4.69, 9.17) is 5.84 Å². The maximum absolute atomic E-state index is 5.48.